The molecule has 25 heavy (non-hydrogen) atoms. The third-order valence-corrected chi connectivity index (χ3v) is 4.80. The smallest absolute Gasteiger partial charge is 0.363 e. The Hall–Kier alpha value is -2.46. The molecule has 0 aliphatic carbocycles. The zero-order valence-corrected chi connectivity index (χ0v) is 13.3. The van der Waals surface area contributed by atoms with Crippen LogP contribution in [0.1, 0.15) is 21.3 Å². The Morgan fingerprint density at radius 1 is 1.28 bits per heavy atom. The highest BCUT2D eigenvalue weighted by Gasteiger charge is 2.66. The number of alkyl halides is 3. The van der Waals surface area contributed by atoms with E-state index in [-0.39, 0.29) is 10.4 Å². The monoisotopic (exact) mass is 371 g/mol. The van der Waals surface area contributed by atoms with Gasteiger partial charge in [0.25, 0.3) is 0 Å². The molecular formula is C15H12F3N3O3S. The van der Waals surface area contributed by atoms with Gasteiger partial charge in [-0.25, -0.2) is 4.79 Å². The Morgan fingerprint density at radius 3 is 2.52 bits per heavy atom. The molecule has 2 aromatic rings. The lowest BCUT2D eigenvalue weighted by atomic mass is 9.79. The molecule has 3 rings (SSSR count). The van der Waals surface area contributed by atoms with Crippen molar-refractivity contribution in [2.75, 3.05) is 0 Å². The van der Waals surface area contributed by atoms with Crippen molar-refractivity contribution in [2.45, 2.75) is 17.9 Å². The maximum absolute atomic E-state index is 13.6. The number of halogens is 3. The summed E-state index contributed by atoms with van der Waals surface area (Å²) < 4.78 is 40.8. The minimum absolute atomic E-state index is 0.0460. The van der Waals surface area contributed by atoms with Gasteiger partial charge >= 0.3 is 12.2 Å². The van der Waals surface area contributed by atoms with Crippen LogP contribution in [0, 0.1) is 5.92 Å². The number of amides is 2. The number of aliphatic hydroxyl groups is 1. The van der Waals surface area contributed by atoms with Crippen molar-refractivity contribution >= 4 is 23.2 Å². The summed E-state index contributed by atoms with van der Waals surface area (Å²) in [5.74, 6) is -2.93. The largest absolute Gasteiger partial charge is 0.437 e. The molecule has 132 valence electrons. The van der Waals surface area contributed by atoms with Crippen molar-refractivity contribution in [1.29, 1.82) is 0 Å². The second-order valence-electron chi connectivity index (χ2n) is 5.44. The SMILES string of the molecule is O=C1N[C@H](c2ccncc2)[C@@H](C(=O)c2cccs2)[C@@](O)(C(F)(F)F)N1. The second-order valence-corrected chi connectivity index (χ2v) is 6.39. The third kappa shape index (κ3) is 2.98. The van der Waals surface area contributed by atoms with Gasteiger partial charge in [0.15, 0.2) is 5.78 Å². The summed E-state index contributed by atoms with van der Waals surface area (Å²) in [5, 5.41) is 15.6. The van der Waals surface area contributed by atoms with Crippen molar-refractivity contribution in [3.05, 3.63) is 52.5 Å². The van der Waals surface area contributed by atoms with Crippen LogP contribution in [-0.2, 0) is 0 Å². The van der Waals surface area contributed by atoms with E-state index in [1.54, 1.807) is 0 Å². The van der Waals surface area contributed by atoms with Gasteiger partial charge in [0.2, 0.25) is 5.72 Å². The van der Waals surface area contributed by atoms with Gasteiger partial charge in [-0.15, -0.1) is 11.3 Å². The summed E-state index contributed by atoms with van der Waals surface area (Å²) >= 11 is 0.953. The van der Waals surface area contributed by atoms with Crippen molar-refractivity contribution < 1.29 is 27.9 Å². The number of nitrogens with one attached hydrogen (secondary N) is 2. The van der Waals surface area contributed by atoms with Gasteiger partial charge in [0, 0.05) is 12.4 Å². The van der Waals surface area contributed by atoms with Crippen molar-refractivity contribution in [3.8, 4) is 0 Å². The minimum atomic E-state index is -5.26. The van der Waals surface area contributed by atoms with Gasteiger partial charge in [0.1, 0.15) is 5.92 Å². The highest BCUT2D eigenvalue weighted by molar-refractivity contribution is 7.12. The highest BCUT2D eigenvalue weighted by Crippen LogP contribution is 2.44. The van der Waals surface area contributed by atoms with Crippen LogP contribution >= 0.6 is 11.3 Å². The fraction of sp³-hybridized carbons (Fsp3) is 0.267. The number of Topliss-reactive ketones (excluding diaryl/α,β-unsaturated/α-hetero) is 1. The second kappa shape index (κ2) is 6.12. The quantitative estimate of drug-likeness (QED) is 0.722. The molecule has 0 unspecified atom stereocenters. The van der Waals surface area contributed by atoms with E-state index < -0.39 is 35.7 Å². The van der Waals surface area contributed by atoms with Gasteiger partial charge in [-0.1, -0.05) is 6.07 Å². The van der Waals surface area contributed by atoms with Gasteiger partial charge in [0.05, 0.1) is 10.9 Å². The van der Waals surface area contributed by atoms with E-state index in [2.05, 4.69) is 10.3 Å². The number of thiophene rings is 1. The Labute approximate surface area is 143 Å². The number of nitrogens with zero attached hydrogens (tertiary/aromatic N) is 1. The predicted octanol–water partition coefficient (Wildman–Crippen LogP) is 2.25. The normalized spacial score (nSPS) is 26.6. The van der Waals surface area contributed by atoms with Gasteiger partial charge in [-0.05, 0) is 29.1 Å². The van der Waals surface area contributed by atoms with Crippen LogP contribution in [-0.4, -0.2) is 33.8 Å². The molecule has 0 radical (unpaired) electrons. The number of carbonyl (C=O) groups excluding carboxylic acids is 2. The first-order valence-corrected chi connectivity index (χ1v) is 7.97. The Morgan fingerprint density at radius 2 is 1.96 bits per heavy atom. The van der Waals surface area contributed by atoms with Crippen molar-refractivity contribution in [1.82, 2.24) is 15.6 Å². The molecule has 3 N–H and O–H groups in total. The molecule has 3 atom stereocenters. The summed E-state index contributed by atoms with van der Waals surface area (Å²) in [6, 6.07) is 3.03. The molecule has 3 heterocycles. The first-order valence-electron chi connectivity index (χ1n) is 7.09. The maximum Gasteiger partial charge on any atom is 0.437 e. The number of urea groups is 1. The summed E-state index contributed by atoms with van der Waals surface area (Å²) in [6.07, 6.45) is -2.61. The number of rotatable bonds is 3. The lowest BCUT2D eigenvalue weighted by Crippen LogP contribution is -2.72. The van der Waals surface area contributed by atoms with Crippen LogP contribution in [0.3, 0.4) is 0 Å². The summed E-state index contributed by atoms with van der Waals surface area (Å²) in [6.45, 7) is 0. The van der Waals surface area contributed by atoms with Crippen LogP contribution < -0.4 is 10.6 Å². The highest BCUT2D eigenvalue weighted by atomic mass is 32.1. The van der Waals surface area contributed by atoms with Crippen LogP contribution in [0.5, 0.6) is 0 Å². The van der Waals surface area contributed by atoms with Crippen LogP contribution in [0.15, 0.2) is 42.0 Å². The molecule has 0 aromatic carbocycles. The lowest BCUT2D eigenvalue weighted by Gasteiger charge is -2.44. The van der Waals surface area contributed by atoms with Gasteiger partial charge in [-0.3, -0.25) is 9.78 Å². The van der Waals surface area contributed by atoms with E-state index >= 15 is 0 Å². The Kier molecular flexibility index (Phi) is 4.25. The number of hydrogen-bond acceptors (Lipinski definition) is 5. The molecule has 0 spiro atoms. The van der Waals surface area contributed by atoms with Crippen LogP contribution in [0.25, 0.3) is 0 Å². The number of aromatic nitrogens is 1. The van der Waals surface area contributed by atoms with Crippen molar-refractivity contribution in [2.24, 2.45) is 5.92 Å². The zero-order valence-electron chi connectivity index (χ0n) is 12.4. The van der Waals surface area contributed by atoms with E-state index in [9.17, 15) is 27.9 Å². The molecule has 0 bridgehead atoms. The average Bonchev–Trinajstić information content (AvgIpc) is 3.08. The molecule has 2 aromatic heterocycles. The number of pyridine rings is 1. The predicted molar refractivity (Wildman–Crippen MR) is 81.8 cm³/mol. The molecule has 1 fully saturated rings. The van der Waals surface area contributed by atoms with E-state index in [1.165, 1.54) is 47.4 Å². The molecule has 6 nitrogen and oxygen atoms in total. The lowest BCUT2D eigenvalue weighted by molar-refractivity contribution is -0.287. The first kappa shape index (κ1) is 17.4. The van der Waals surface area contributed by atoms with E-state index in [4.69, 9.17) is 0 Å². The maximum atomic E-state index is 13.6. The molecule has 10 heteroatoms. The van der Waals surface area contributed by atoms with Crippen LogP contribution in [0.2, 0.25) is 0 Å². The number of ketones is 1. The summed E-state index contributed by atoms with van der Waals surface area (Å²) in [7, 11) is 0. The van der Waals surface area contributed by atoms with Crippen molar-refractivity contribution in [3.63, 3.8) is 0 Å². The molecule has 1 aliphatic rings. The van der Waals surface area contributed by atoms with Gasteiger partial charge < -0.3 is 15.7 Å². The Balaban J connectivity index is 2.15. The summed E-state index contributed by atoms with van der Waals surface area (Å²) in [4.78, 5) is 28.3. The van der Waals surface area contributed by atoms with Crippen LogP contribution in [0.4, 0.5) is 18.0 Å². The minimum Gasteiger partial charge on any atom is -0.363 e. The molecule has 0 saturated carbocycles. The molecule has 1 saturated heterocycles. The fourth-order valence-electron chi connectivity index (χ4n) is 2.76. The molecular weight excluding hydrogens is 359 g/mol. The number of carbonyl (C=O) groups is 2. The summed E-state index contributed by atoms with van der Waals surface area (Å²) in [5.41, 5.74) is -3.48. The van der Waals surface area contributed by atoms with Gasteiger partial charge in [-0.2, -0.15) is 13.2 Å². The molecule has 1 aliphatic heterocycles. The first-order chi connectivity index (χ1) is 11.7. The molecule has 2 amide bonds. The number of hydrogen-bond donors (Lipinski definition) is 3. The Bertz CT molecular complexity index is 782. The average molecular weight is 371 g/mol. The standard InChI is InChI=1S/C15H12F3N3O3S/c16-15(17,18)14(24)10(12(22)9-2-1-7-25-9)11(20-13(23)21-14)8-3-5-19-6-4-8/h1-7,10-11,24H,(H2,20,21,23)/t10-,11+,14+/m0/s1. The fourth-order valence-corrected chi connectivity index (χ4v) is 3.46. The zero-order chi connectivity index (χ0) is 18.2. The van der Waals surface area contributed by atoms with E-state index in [0.717, 1.165) is 11.3 Å². The van der Waals surface area contributed by atoms with E-state index in [0.29, 0.717) is 0 Å². The van der Waals surface area contributed by atoms with E-state index in [1.807, 2.05) is 0 Å². The third-order valence-electron chi connectivity index (χ3n) is 3.92. The topological polar surface area (TPSA) is 91.3 Å².